The van der Waals surface area contributed by atoms with Crippen LogP contribution in [0, 0.1) is 0 Å². The predicted octanol–water partition coefficient (Wildman–Crippen LogP) is 2.62. The monoisotopic (exact) mass is 319 g/mol. The van der Waals surface area contributed by atoms with Crippen molar-refractivity contribution in [3.63, 3.8) is 0 Å². The molecule has 0 saturated carbocycles. The first kappa shape index (κ1) is 15.7. The van der Waals surface area contributed by atoms with E-state index in [1.54, 1.807) is 17.0 Å². The van der Waals surface area contributed by atoms with Gasteiger partial charge in [0, 0.05) is 12.2 Å². The second-order valence-electron chi connectivity index (χ2n) is 5.30. The average Bonchev–Trinajstić information content (AvgIpc) is 2.62. The fourth-order valence-electron chi connectivity index (χ4n) is 2.59. The second-order valence-corrected chi connectivity index (χ2v) is 5.30. The zero-order chi connectivity index (χ0) is 16.9. The summed E-state index contributed by atoms with van der Waals surface area (Å²) in [4.78, 5) is 30.7. The standard InChI is InChI=1S/C19H17N3O2/c1-2-12-21(15-8-4-3-5-9-15)19(24)14-22-17-11-7-6-10-16(17)20-13-18(22)23/h2-11,13H,1,12,14H2. The molecule has 1 amide bonds. The normalized spacial score (nSPS) is 10.5. The lowest BCUT2D eigenvalue weighted by molar-refractivity contribution is -0.119. The van der Waals surface area contributed by atoms with Gasteiger partial charge in [-0.05, 0) is 24.3 Å². The predicted molar refractivity (Wildman–Crippen MR) is 95.0 cm³/mol. The maximum atomic E-state index is 12.8. The molecule has 0 spiro atoms. The van der Waals surface area contributed by atoms with Crippen molar-refractivity contribution in [2.45, 2.75) is 6.54 Å². The Morgan fingerprint density at radius 1 is 1.12 bits per heavy atom. The molecule has 0 fully saturated rings. The molecule has 5 heteroatoms. The molecular weight excluding hydrogens is 302 g/mol. The largest absolute Gasteiger partial charge is 0.307 e. The SMILES string of the molecule is C=CCN(C(=O)Cn1c(=O)cnc2ccccc21)c1ccccc1. The van der Waals surface area contributed by atoms with Crippen LogP contribution in [0.15, 0.2) is 78.2 Å². The zero-order valence-corrected chi connectivity index (χ0v) is 13.1. The van der Waals surface area contributed by atoms with E-state index < -0.39 is 0 Å². The van der Waals surface area contributed by atoms with E-state index in [1.165, 1.54) is 10.8 Å². The van der Waals surface area contributed by atoms with E-state index in [0.717, 1.165) is 5.69 Å². The van der Waals surface area contributed by atoms with Crippen molar-refractivity contribution in [3.8, 4) is 0 Å². The third-order valence-corrected chi connectivity index (χ3v) is 3.73. The van der Waals surface area contributed by atoms with E-state index in [0.29, 0.717) is 17.6 Å². The van der Waals surface area contributed by atoms with Gasteiger partial charge in [-0.1, -0.05) is 36.4 Å². The molecule has 120 valence electrons. The van der Waals surface area contributed by atoms with Crippen molar-refractivity contribution >= 4 is 22.6 Å². The molecular formula is C19H17N3O2. The third-order valence-electron chi connectivity index (χ3n) is 3.73. The van der Waals surface area contributed by atoms with Crippen molar-refractivity contribution in [1.82, 2.24) is 9.55 Å². The highest BCUT2D eigenvalue weighted by Crippen LogP contribution is 2.15. The molecule has 0 saturated heterocycles. The topological polar surface area (TPSA) is 55.2 Å². The molecule has 0 unspecified atom stereocenters. The average molecular weight is 319 g/mol. The van der Waals surface area contributed by atoms with Gasteiger partial charge in [0.1, 0.15) is 6.54 Å². The van der Waals surface area contributed by atoms with Crippen LogP contribution in [0.1, 0.15) is 0 Å². The number of rotatable bonds is 5. The number of fused-ring (bicyclic) bond motifs is 1. The number of carbonyl (C=O) groups is 1. The van der Waals surface area contributed by atoms with Crippen molar-refractivity contribution in [2.24, 2.45) is 0 Å². The van der Waals surface area contributed by atoms with Crippen LogP contribution >= 0.6 is 0 Å². The van der Waals surface area contributed by atoms with E-state index >= 15 is 0 Å². The van der Waals surface area contributed by atoms with Gasteiger partial charge >= 0.3 is 0 Å². The molecule has 2 aromatic carbocycles. The van der Waals surface area contributed by atoms with Gasteiger partial charge in [-0.2, -0.15) is 0 Å². The summed E-state index contributed by atoms with van der Waals surface area (Å²) >= 11 is 0. The number of anilines is 1. The van der Waals surface area contributed by atoms with Gasteiger partial charge in [-0.15, -0.1) is 6.58 Å². The zero-order valence-electron chi connectivity index (χ0n) is 13.1. The maximum Gasteiger partial charge on any atom is 0.269 e. The molecule has 0 atom stereocenters. The molecule has 24 heavy (non-hydrogen) atoms. The molecule has 1 heterocycles. The van der Waals surface area contributed by atoms with Crippen LogP contribution in [0.25, 0.3) is 11.0 Å². The summed E-state index contributed by atoms with van der Waals surface area (Å²) in [5, 5.41) is 0. The molecule has 3 aromatic rings. The molecule has 3 rings (SSSR count). The Bertz CT molecular complexity index is 932. The lowest BCUT2D eigenvalue weighted by Crippen LogP contribution is -2.36. The van der Waals surface area contributed by atoms with Crippen LogP contribution in [-0.2, 0) is 11.3 Å². The fraction of sp³-hybridized carbons (Fsp3) is 0.105. The first-order chi connectivity index (χ1) is 11.7. The van der Waals surface area contributed by atoms with Crippen molar-refractivity contribution < 1.29 is 4.79 Å². The minimum Gasteiger partial charge on any atom is -0.307 e. The Morgan fingerprint density at radius 2 is 1.83 bits per heavy atom. The van der Waals surface area contributed by atoms with Gasteiger partial charge in [0.25, 0.3) is 5.56 Å². The summed E-state index contributed by atoms with van der Waals surface area (Å²) in [6, 6.07) is 16.6. The lowest BCUT2D eigenvalue weighted by atomic mass is 10.2. The maximum absolute atomic E-state index is 12.8. The van der Waals surface area contributed by atoms with Crippen LogP contribution in [-0.4, -0.2) is 22.0 Å². The molecule has 0 aliphatic heterocycles. The van der Waals surface area contributed by atoms with Crippen LogP contribution in [0.3, 0.4) is 0 Å². The Morgan fingerprint density at radius 3 is 2.58 bits per heavy atom. The summed E-state index contributed by atoms with van der Waals surface area (Å²) < 4.78 is 1.45. The molecule has 1 aromatic heterocycles. The molecule has 0 radical (unpaired) electrons. The molecule has 0 bridgehead atoms. The number of nitrogens with zero attached hydrogens (tertiary/aromatic N) is 3. The summed E-state index contributed by atoms with van der Waals surface area (Å²) in [5.74, 6) is -0.181. The van der Waals surface area contributed by atoms with E-state index in [4.69, 9.17) is 0 Å². The van der Waals surface area contributed by atoms with Crippen LogP contribution < -0.4 is 10.5 Å². The lowest BCUT2D eigenvalue weighted by Gasteiger charge is -2.22. The Labute approximate surface area is 139 Å². The van der Waals surface area contributed by atoms with Gasteiger partial charge < -0.3 is 4.90 Å². The first-order valence-electron chi connectivity index (χ1n) is 7.61. The molecule has 0 N–H and O–H groups in total. The van der Waals surface area contributed by atoms with E-state index in [2.05, 4.69) is 11.6 Å². The number of amides is 1. The van der Waals surface area contributed by atoms with Crippen LogP contribution in [0.2, 0.25) is 0 Å². The fourth-order valence-corrected chi connectivity index (χ4v) is 2.59. The van der Waals surface area contributed by atoms with Crippen molar-refractivity contribution in [1.29, 1.82) is 0 Å². The van der Waals surface area contributed by atoms with Gasteiger partial charge in [-0.3, -0.25) is 14.2 Å². The van der Waals surface area contributed by atoms with Gasteiger partial charge in [0.15, 0.2) is 0 Å². The highest BCUT2D eigenvalue weighted by Gasteiger charge is 2.16. The molecule has 0 aliphatic carbocycles. The smallest absolute Gasteiger partial charge is 0.269 e. The van der Waals surface area contributed by atoms with E-state index in [-0.39, 0.29) is 18.0 Å². The van der Waals surface area contributed by atoms with E-state index in [1.807, 2.05) is 48.5 Å². The van der Waals surface area contributed by atoms with Gasteiger partial charge in [0.05, 0.1) is 17.2 Å². The Balaban J connectivity index is 1.98. The summed E-state index contributed by atoms with van der Waals surface area (Å²) in [6.07, 6.45) is 2.91. The Kier molecular flexibility index (Phi) is 4.52. The quantitative estimate of drug-likeness (QED) is 0.679. The minimum atomic E-state index is -0.298. The highest BCUT2D eigenvalue weighted by atomic mass is 16.2. The number of carbonyl (C=O) groups excluding carboxylic acids is 1. The highest BCUT2D eigenvalue weighted by molar-refractivity contribution is 5.94. The van der Waals surface area contributed by atoms with Crippen LogP contribution in [0.4, 0.5) is 5.69 Å². The van der Waals surface area contributed by atoms with Crippen molar-refractivity contribution in [3.05, 3.63) is 83.8 Å². The minimum absolute atomic E-state index is 0.0510. The summed E-state index contributed by atoms with van der Waals surface area (Å²) in [7, 11) is 0. The summed E-state index contributed by atoms with van der Waals surface area (Å²) in [5.41, 5.74) is 1.80. The van der Waals surface area contributed by atoms with E-state index in [9.17, 15) is 9.59 Å². The first-order valence-corrected chi connectivity index (χ1v) is 7.61. The van der Waals surface area contributed by atoms with Gasteiger partial charge in [0.2, 0.25) is 5.91 Å². The van der Waals surface area contributed by atoms with Gasteiger partial charge in [-0.25, -0.2) is 4.98 Å². The number of benzene rings is 2. The number of hydrogen-bond acceptors (Lipinski definition) is 3. The number of para-hydroxylation sites is 3. The second kappa shape index (κ2) is 6.91. The van der Waals surface area contributed by atoms with Crippen LogP contribution in [0.5, 0.6) is 0 Å². The Hall–Kier alpha value is -3.21. The molecule has 5 nitrogen and oxygen atoms in total. The number of aromatic nitrogens is 2. The number of hydrogen-bond donors (Lipinski definition) is 0. The third kappa shape index (κ3) is 3.10. The molecule has 0 aliphatic rings. The summed E-state index contributed by atoms with van der Waals surface area (Å²) in [6.45, 7) is 4.04. The van der Waals surface area contributed by atoms with Crippen molar-refractivity contribution in [2.75, 3.05) is 11.4 Å².